The van der Waals surface area contributed by atoms with E-state index in [0.717, 1.165) is 0 Å². The fourth-order valence-electron chi connectivity index (χ4n) is 1.95. The third kappa shape index (κ3) is 5.20. The summed E-state index contributed by atoms with van der Waals surface area (Å²) in [6, 6.07) is 1.65. The lowest BCUT2D eigenvalue weighted by molar-refractivity contribution is -0.111. The average Bonchev–Trinajstić information content (AvgIpc) is 2.59. The molecule has 130 valence electrons. The summed E-state index contributed by atoms with van der Waals surface area (Å²) in [5.41, 5.74) is 1.44. The molecule has 0 bridgehead atoms. The van der Waals surface area contributed by atoms with E-state index in [1.165, 1.54) is 12.3 Å². The Balaban J connectivity index is 2.02. The van der Waals surface area contributed by atoms with Crippen molar-refractivity contribution >= 4 is 23.6 Å². The van der Waals surface area contributed by atoms with Crippen LogP contribution in [0.3, 0.4) is 0 Å². The molecule has 0 aliphatic carbocycles. The maximum Gasteiger partial charge on any atom is 0.252 e. The van der Waals surface area contributed by atoms with Crippen LogP contribution in [-0.2, 0) is 10.2 Å². The predicted molar refractivity (Wildman–Crippen MR) is 96.0 cm³/mol. The lowest BCUT2D eigenvalue weighted by Crippen LogP contribution is -2.18. The summed E-state index contributed by atoms with van der Waals surface area (Å²) >= 11 is 0. The number of carbonyl (C=O) groups excluding carboxylic acids is 2. The Bertz CT molecular complexity index is 792. The highest BCUT2D eigenvalue weighted by Crippen LogP contribution is 2.18. The molecule has 0 radical (unpaired) electrons. The van der Waals surface area contributed by atoms with Crippen molar-refractivity contribution < 1.29 is 9.59 Å². The largest absolute Gasteiger partial charge is 0.355 e. The van der Waals surface area contributed by atoms with Gasteiger partial charge < -0.3 is 10.6 Å². The minimum absolute atomic E-state index is 0.148. The first-order valence-corrected chi connectivity index (χ1v) is 7.78. The van der Waals surface area contributed by atoms with Gasteiger partial charge in [0.2, 0.25) is 5.91 Å². The Morgan fingerprint density at radius 2 is 1.76 bits per heavy atom. The molecule has 0 aliphatic rings. The Labute approximate surface area is 146 Å². The van der Waals surface area contributed by atoms with Crippen LogP contribution < -0.4 is 10.6 Å². The first-order chi connectivity index (χ1) is 11.8. The highest BCUT2D eigenvalue weighted by molar-refractivity contribution is 6.02. The molecule has 0 saturated carbocycles. The number of rotatable bonds is 4. The number of hydrogen-bond donors (Lipinski definition) is 2. The molecule has 0 aliphatic heterocycles. The van der Waals surface area contributed by atoms with Crippen LogP contribution >= 0.6 is 0 Å². The molecule has 0 spiro atoms. The zero-order valence-corrected chi connectivity index (χ0v) is 14.7. The van der Waals surface area contributed by atoms with Crippen molar-refractivity contribution in [3.8, 4) is 0 Å². The van der Waals surface area contributed by atoms with Crippen molar-refractivity contribution in [3.05, 3.63) is 53.9 Å². The number of nitrogens with zero attached hydrogens (tertiary/aromatic N) is 3. The third-order valence-electron chi connectivity index (χ3n) is 3.27. The van der Waals surface area contributed by atoms with Crippen LogP contribution in [0.2, 0.25) is 0 Å². The molecule has 7 nitrogen and oxygen atoms in total. The van der Waals surface area contributed by atoms with Crippen LogP contribution in [0.5, 0.6) is 0 Å². The number of hydrogen-bond acceptors (Lipinski definition) is 5. The van der Waals surface area contributed by atoms with Gasteiger partial charge in [-0.25, -0.2) is 9.97 Å². The second-order valence-electron chi connectivity index (χ2n) is 6.45. The van der Waals surface area contributed by atoms with Gasteiger partial charge in [-0.3, -0.25) is 14.6 Å². The molecule has 2 aromatic rings. The maximum atomic E-state index is 12.0. The number of amides is 2. The Kier molecular flexibility index (Phi) is 5.59. The van der Waals surface area contributed by atoms with Gasteiger partial charge >= 0.3 is 0 Å². The standard InChI is InChI=1S/C18H21N5O2/c1-18(2,3)17-21-10-14(11-22-17)23-15(24)6-5-12-7-13(9-20-8-12)16(25)19-4/h5-11H,1-4H3,(H,19,25)(H,23,24). The van der Waals surface area contributed by atoms with Crippen LogP contribution in [0.4, 0.5) is 5.69 Å². The molecule has 2 rings (SSSR count). The molecule has 2 heterocycles. The van der Waals surface area contributed by atoms with Crippen molar-refractivity contribution in [2.75, 3.05) is 12.4 Å². The molecule has 7 heteroatoms. The van der Waals surface area contributed by atoms with Gasteiger partial charge in [0.25, 0.3) is 5.91 Å². The van der Waals surface area contributed by atoms with E-state index >= 15 is 0 Å². The first kappa shape index (κ1) is 18.3. The number of pyridine rings is 1. The lowest BCUT2D eigenvalue weighted by atomic mass is 9.96. The van der Waals surface area contributed by atoms with Crippen molar-refractivity contribution in [2.24, 2.45) is 0 Å². The molecule has 2 amide bonds. The average molecular weight is 339 g/mol. The number of nitrogens with one attached hydrogen (secondary N) is 2. The molecule has 0 unspecified atom stereocenters. The van der Waals surface area contributed by atoms with Crippen molar-refractivity contribution in [2.45, 2.75) is 26.2 Å². The van der Waals surface area contributed by atoms with Crippen LogP contribution in [0.1, 0.15) is 42.5 Å². The second-order valence-corrected chi connectivity index (χ2v) is 6.45. The smallest absolute Gasteiger partial charge is 0.252 e. The Hall–Kier alpha value is -3.09. The summed E-state index contributed by atoms with van der Waals surface area (Å²) < 4.78 is 0. The zero-order chi connectivity index (χ0) is 18.4. The SMILES string of the molecule is CNC(=O)c1cncc(C=CC(=O)Nc2cnc(C(C)(C)C)nc2)c1. The Morgan fingerprint density at radius 1 is 1.08 bits per heavy atom. The number of anilines is 1. The molecule has 0 atom stereocenters. The molecule has 25 heavy (non-hydrogen) atoms. The van der Waals surface area contributed by atoms with Gasteiger partial charge in [0, 0.05) is 30.9 Å². The summed E-state index contributed by atoms with van der Waals surface area (Å²) in [6.07, 6.45) is 9.13. The molecular formula is C18H21N5O2. The van der Waals surface area contributed by atoms with Crippen LogP contribution in [-0.4, -0.2) is 33.8 Å². The second kappa shape index (κ2) is 7.65. The van der Waals surface area contributed by atoms with Crippen LogP contribution in [0.25, 0.3) is 6.08 Å². The van der Waals surface area contributed by atoms with E-state index in [4.69, 9.17) is 0 Å². The van der Waals surface area contributed by atoms with Gasteiger partial charge in [-0.1, -0.05) is 20.8 Å². The van der Waals surface area contributed by atoms with Gasteiger partial charge in [0.05, 0.1) is 23.6 Å². The van der Waals surface area contributed by atoms with E-state index < -0.39 is 0 Å². The van der Waals surface area contributed by atoms with Crippen LogP contribution in [0, 0.1) is 0 Å². The predicted octanol–water partition coefficient (Wildman–Crippen LogP) is 2.18. The third-order valence-corrected chi connectivity index (χ3v) is 3.27. The summed E-state index contributed by atoms with van der Waals surface area (Å²) in [4.78, 5) is 36.1. The van der Waals surface area contributed by atoms with E-state index in [1.807, 2.05) is 20.8 Å². The molecule has 2 aromatic heterocycles. The topological polar surface area (TPSA) is 96.9 Å². The summed E-state index contributed by atoms with van der Waals surface area (Å²) in [5.74, 6) is 0.152. The fraction of sp³-hybridized carbons (Fsp3) is 0.278. The highest BCUT2D eigenvalue weighted by Gasteiger charge is 2.16. The van der Waals surface area contributed by atoms with Crippen molar-refractivity contribution in [1.29, 1.82) is 0 Å². The van der Waals surface area contributed by atoms with Crippen molar-refractivity contribution in [1.82, 2.24) is 20.3 Å². The van der Waals surface area contributed by atoms with E-state index in [0.29, 0.717) is 22.6 Å². The van der Waals surface area contributed by atoms with Crippen molar-refractivity contribution in [3.63, 3.8) is 0 Å². The minimum atomic E-state index is -0.322. The van der Waals surface area contributed by atoms with Gasteiger partial charge in [-0.15, -0.1) is 0 Å². The first-order valence-electron chi connectivity index (χ1n) is 7.78. The molecular weight excluding hydrogens is 318 g/mol. The summed E-state index contributed by atoms with van der Waals surface area (Å²) in [5, 5.41) is 5.21. The van der Waals surface area contributed by atoms with E-state index in [-0.39, 0.29) is 17.2 Å². The van der Waals surface area contributed by atoms with Gasteiger partial charge in [-0.2, -0.15) is 0 Å². The molecule has 0 fully saturated rings. The lowest BCUT2D eigenvalue weighted by Gasteiger charge is -2.15. The molecule has 0 aromatic carbocycles. The number of aromatic nitrogens is 3. The fourth-order valence-corrected chi connectivity index (χ4v) is 1.95. The van der Waals surface area contributed by atoms with E-state index in [1.54, 1.807) is 37.8 Å². The summed E-state index contributed by atoms with van der Waals surface area (Å²) in [6.45, 7) is 6.05. The molecule has 0 saturated heterocycles. The minimum Gasteiger partial charge on any atom is -0.355 e. The van der Waals surface area contributed by atoms with Crippen LogP contribution in [0.15, 0.2) is 36.9 Å². The number of carbonyl (C=O) groups is 2. The van der Waals surface area contributed by atoms with Gasteiger partial charge in [0.15, 0.2) is 0 Å². The monoisotopic (exact) mass is 339 g/mol. The van der Waals surface area contributed by atoms with E-state index in [2.05, 4.69) is 25.6 Å². The maximum absolute atomic E-state index is 12.0. The zero-order valence-electron chi connectivity index (χ0n) is 14.7. The molecule has 2 N–H and O–H groups in total. The van der Waals surface area contributed by atoms with E-state index in [9.17, 15) is 9.59 Å². The van der Waals surface area contributed by atoms with Gasteiger partial charge in [0.1, 0.15) is 5.82 Å². The quantitative estimate of drug-likeness (QED) is 0.832. The highest BCUT2D eigenvalue weighted by atomic mass is 16.2. The summed E-state index contributed by atoms with van der Waals surface area (Å²) in [7, 11) is 1.55. The Morgan fingerprint density at radius 3 is 2.36 bits per heavy atom. The normalized spacial score (nSPS) is 11.4. The van der Waals surface area contributed by atoms with Gasteiger partial charge in [-0.05, 0) is 17.7 Å².